The van der Waals surface area contributed by atoms with Crippen LogP contribution >= 0.6 is 23.2 Å². The van der Waals surface area contributed by atoms with Crippen molar-refractivity contribution >= 4 is 41.0 Å². The van der Waals surface area contributed by atoms with Crippen LogP contribution in [0.1, 0.15) is 32.0 Å². The number of benzene rings is 1. The summed E-state index contributed by atoms with van der Waals surface area (Å²) >= 11 is 11.7. The molecule has 0 aliphatic rings. The van der Waals surface area contributed by atoms with Crippen LogP contribution in [-0.4, -0.2) is 29.4 Å². The van der Waals surface area contributed by atoms with Crippen molar-refractivity contribution in [1.82, 2.24) is 15.8 Å². The van der Waals surface area contributed by atoms with Gasteiger partial charge in [0.25, 0.3) is 11.8 Å². The van der Waals surface area contributed by atoms with Gasteiger partial charge in [0, 0.05) is 16.3 Å². The number of aromatic nitrogens is 1. The molecule has 2 N–H and O–H groups in total. The second-order valence-corrected chi connectivity index (χ2v) is 6.13. The topological polar surface area (TPSA) is 97.4 Å². The Bertz CT molecular complexity index is 831. The highest BCUT2D eigenvalue weighted by Crippen LogP contribution is 2.19. The average Bonchev–Trinajstić information content (AvgIpc) is 2.57. The normalized spacial score (nSPS) is 10.2. The van der Waals surface area contributed by atoms with E-state index in [4.69, 9.17) is 27.9 Å². The number of hydrazine groups is 1. The molecule has 1 aromatic carbocycles. The summed E-state index contributed by atoms with van der Waals surface area (Å²) in [6.45, 7) is 2.83. The molecule has 2 aromatic rings. The number of pyridine rings is 1. The van der Waals surface area contributed by atoms with E-state index in [0.29, 0.717) is 21.8 Å². The summed E-state index contributed by atoms with van der Waals surface area (Å²) in [7, 11) is 0. The van der Waals surface area contributed by atoms with Gasteiger partial charge in [0.05, 0.1) is 5.56 Å². The van der Waals surface area contributed by atoms with Gasteiger partial charge in [-0.15, -0.1) is 0 Å². The summed E-state index contributed by atoms with van der Waals surface area (Å²) in [5.74, 6) is -2.03. The minimum atomic E-state index is -0.779. The number of rotatable bonds is 4. The highest BCUT2D eigenvalue weighted by Gasteiger charge is 2.18. The number of hydrogen-bond donors (Lipinski definition) is 2. The van der Waals surface area contributed by atoms with E-state index < -0.39 is 24.4 Å². The number of halogens is 2. The number of carbonyl (C=O) groups excluding carboxylic acids is 3. The van der Waals surface area contributed by atoms with Crippen molar-refractivity contribution < 1.29 is 19.1 Å². The number of nitrogens with zero attached hydrogens (tertiary/aromatic N) is 1. The van der Waals surface area contributed by atoms with Gasteiger partial charge in [0.15, 0.2) is 6.61 Å². The molecule has 0 bridgehead atoms. The van der Waals surface area contributed by atoms with E-state index in [1.54, 1.807) is 32.0 Å². The standard InChI is InChI=1S/C17H15Cl2N3O4/c1-9-7-10(2)20-15(19)14(9)17(25)26-8-13(23)21-22-16(24)11-3-5-12(18)6-4-11/h3-7H,8H2,1-2H3,(H,21,23)(H,22,24). The van der Waals surface area contributed by atoms with Gasteiger partial charge in [-0.1, -0.05) is 23.2 Å². The molecule has 2 amide bonds. The lowest BCUT2D eigenvalue weighted by Crippen LogP contribution is -2.43. The SMILES string of the molecule is Cc1cc(C)c(C(=O)OCC(=O)NNC(=O)c2ccc(Cl)cc2)c(Cl)n1. The van der Waals surface area contributed by atoms with Gasteiger partial charge in [-0.3, -0.25) is 20.4 Å². The molecule has 0 spiro atoms. The fourth-order valence-electron chi connectivity index (χ4n) is 2.08. The zero-order valence-electron chi connectivity index (χ0n) is 13.9. The number of carbonyl (C=O) groups is 3. The average molecular weight is 396 g/mol. The monoisotopic (exact) mass is 395 g/mol. The largest absolute Gasteiger partial charge is 0.452 e. The molecule has 0 saturated carbocycles. The zero-order valence-corrected chi connectivity index (χ0v) is 15.4. The Hall–Kier alpha value is -2.64. The first-order chi connectivity index (χ1) is 12.3. The van der Waals surface area contributed by atoms with E-state index in [1.165, 1.54) is 12.1 Å². The lowest BCUT2D eigenvalue weighted by molar-refractivity contribution is -0.125. The second-order valence-electron chi connectivity index (χ2n) is 5.33. The lowest BCUT2D eigenvalue weighted by atomic mass is 10.1. The van der Waals surface area contributed by atoms with Crippen LogP contribution in [-0.2, 0) is 9.53 Å². The number of esters is 1. The summed E-state index contributed by atoms with van der Waals surface area (Å²) in [6, 6.07) is 7.76. The van der Waals surface area contributed by atoms with E-state index in [0.717, 1.165) is 0 Å². The van der Waals surface area contributed by atoms with Crippen LogP contribution in [0.25, 0.3) is 0 Å². The van der Waals surface area contributed by atoms with Gasteiger partial charge in [-0.2, -0.15) is 0 Å². The summed E-state index contributed by atoms with van der Waals surface area (Å²) in [5, 5.41) is 0.487. The first-order valence-corrected chi connectivity index (χ1v) is 8.19. The van der Waals surface area contributed by atoms with Crippen LogP contribution in [0, 0.1) is 13.8 Å². The molecule has 2 rings (SSSR count). The third-order valence-electron chi connectivity index (χ3n) is 3.26. The molecule has 7 nitrogen and oxygen atoms in total. The van der Waals surface area contributed by atoms with Gasteiger partial charge < -0.3 is 4.74 Å². The number of amides is 2. The minimum absolute atomic E-state index is 0.00366. The Labute approximate surface area is 159 Å². The fraction of sp³-hybridized carbons (Fsp3) is 0.176. The maximum Gasteiger partial charge on any atom is 0.342 e. The van der Waals surface area contributed by atoms with Crippen LogP contribution in [0.15, 0.2) is 30.3 Å². The highest BCUT2D eigenvalue weighted by molar-refractivity contribution is 6.32. The van der Waals surface area contributed by atoms with Crippen molar-refractivity contribution in [3.63, 3.8) is 0 Å². The molecule has 1 aromatic heterocycles. The molecule has 0 fully saturated rings. The molecule has 1 heterocycles. The van der Waals surface area contributed by atoms with Crippen molar-refractivity contribution in [2.75, 3.05) is 6.61 Å². The van der Waals surface area contributed by atoms with Crippen LogP contribution in [0.5, 0.6) is 0 Å². The molecular weight excluding hydrogens is 381 g/mol. The van der Waals surface area contributed by atoms with Gasteiger partial charge in [0.1, 0.15) is 5.15 Å². The second kappa shape index (κ2) is 8.64. The quantitative estimate of drug-likeness (QED) is 0.471. The minimum Gasteiger partial charge on any atom is -0.452 e. The predicted octanol–water partition coefficient (Wildman–Crippen LogP) is 2.62. The Morgan fingerprint density at radius 3 is 2.35 bits per heavy atom. The molecule has 136 valence electrons. The van der Waals surface area contributed by atoms with Crippen molar-refractivity contribution in [3.05, 3.63) is 62.9 Å². The van der Waals surface area contributed by atoms with Crippen LogP contribution in [0.4, 0.5) is 0 Å². The smallest absolute Gasteiger partial charge is 0.342 e. The van der Waals surface area contributed by atoms with Gasteiger partial charge >= 0.3 is 5.97 Å². The first kappa shape index (κ1) is 19.7. The molecule has 0 unspecified atom stereocenters. The lowest BCUT2D eigenvalue weighted by Gasteiger charge is -2.10. The zero-order chi connectivity index (χ0) is 19.3. The first-order valence-electron chi connectivity index (χ1n) is 7.43. The van der Waals surface area contributed by atoms with Crippen molar-refractivity contribution in [2.24, 2.45) is 0 Å². The molecule has 0 radical (unpaired) electrons. The summed E-state index contributed by atoms with van der Waals surface area (Å²) in [5.41, 5.74) is 5.99. The summed E-state index contributed by atoms with van der Waals surface area (Å²) < 4.78 is 4.90. The van der Waals surface area contributed by atoms with Crippen molar-refractivity contribution in [3.8, 4) is 0 Å². The van der Waals surface area contributed by atoms with Gasteiger partial charge in [-0.25, -0.2) is 9.78 Å². The van der Waals surface area contributed by atoms with Crippen LogP contribution in [0.2, 0.25) is 10.2 Å². The van der Waals surface area contributed by atoms with E-state index in [9.17, 15) is 14.4 Å². The van der Waals surface area contributed by atoms with Crippen LogP contribution in [0.3, 0.4) is 0 Å². The molecular formula is C17H15Cl2N3O4. The number of nitrogens with one attached hydrogen (secondary N) is 2. The Morgan fingerprint density at radius 2 is 1.73 bits per heavy atom. The van der Waals surface area contributed by atoms with Gasteiger partial charge in [0.2, 0.25) is 0 Å². The van der Waals surface area contributed by atoms with Crippen molar-refractivity contribution in [1.29, 1.82) is 0 Å². The maximum absolute atomic E-state index is 12.1. The van der Waals surface area contributed by atoms with E-state index in [1.807, 2.05) is 0 Å². The van der Waals surface area contributed by atoms with E-state index >= 15 is 0 Å². The number of aryl methyl sites for hydroxylation is 2. The molecule has 0 saturated heterocycles. The number of ether oxygens (including phenoxy) is 1. The van der Waals surface area contributed by atoms with Gasteiger partial charge in [-0.05, 0) is 49.7 Å². The van der Waals surface area contributed by atoms with E-state index in [2.05, 4.69) is 15.8 Å². The van der Waals surface area contributed by atoms with E-state index in [-0.39, 0.29) is 10.7 Å². The fourth-order valence-corrected chi connectivity index (χ4v) is 2.56. The molecule has 26 heavy (non-hydrogen) atoms. The number of hydrogen-bond acceptors (Lipinski definition) is 5. The molecule has 9 heteroatoms. The van der Waals surface area contributed by atoms with Crippen LogP contribution < -0.4 is 10.9 Å². The summed E-state index contributed by atoms with van der Waals surface area (Å²) in [4.78, 5) is 39.6. The Morgan fingerprint density at radius 1 is 1.08 bits per heavy atom. The van der Waals surface area contributed by atoms with Crippen molar-refractivity contribution in [2.45, 2.75) is 13.8 Å². The Balaban J connectivity index is 1.86. The molecule has 0 aliphatic carbocycles. The third-order valence-corrected chi connectivity index (χ3v) is 3.79. The molecule has 0 aliphatic heterocycles. The third kappa shape index (κ3) is 5.18. The summed E-state index contributed by atoms with van der Waals surface area (Å²) in [6.07, 6.45) is 0. The Kier molecular flexibility index (Phi) is 6.54. The molecule has 0 atom stereocenters. The predicted molar refractivity (Wildman–Crippen MR) is 96.1 cm³/mol. The highest BCUT2D eigenvalue weighted by atomic mass is 35.5. The maximum atomic E-state index is 12.1.